The van der Waals surface area contributed by atoms with Crippen molar-refractivity contribution in [1.82, 2.24) is 0 Å². The zero-order valence-electron chi connectivity index (χ0n) is 8.87. The van der Waals surface area contributed by atoms with Crippen LogP contribution in [0.4, 0.5) is 0 Å². The van der Waals surface area contributed by atoms with Crippen LogP contribution < -0.4 is 0 Å². The van der Waals surface area contributed by atoms with Crippen LogP contribution in [0.3, 0.4) is 0 Å². The molecule has 0 aromatic carbocycles. The number of aliphatic hydroxyl groups is 1. The standard InChI is InChI=1S/C5H4N3O2.9W/c1-2-8-5(10)3(6)4(7)9;;;;;;;;;/h10H,1H3;;;;;;;;;/q-1;;;;;;;;;. The van der Waals surface area contributed by atoms with Crippen LogP contribution in [0.25, 0.3) is 5.41 Å². The Morgan fingerprint density at radius 1 is 1.05 bits per heavy atom. The van der Waals surface area contributed by atoms with Gasteiger partial charge in [-0.3, -0.25) is 0 Å². The van der Waals surface area contributed by atoms with Gasteiger partial charge in [0.15, 0.2) is 0 Å². The van der Waals surface area contributed by atoms with E-state index in [9.17, 15) is 4.79 Å². The molecule has 0 aliphatic heterocycles. The first-order chi connectivity index (χ1) is 5.49. The predicted octanol–water partition coefficient (Wildman–Crippen LogP) is -0.111. The van der Waals surface area contributed by atoms with E-state index in [4.69, 9.17) is 10.5 Å². The molecule has 1 amide bonds. The Bertz CT molecular complexity index is 296. The smallest absolute Gasteiger partial charge is 0 e. The molecule has 0 radical (unpaired) electrons. The molecule has 0 saturated carbocycles. The third-order valence-electron chi connectivity index (χ3n) is 0.761. The van der Waals surface area contributed by atoms with E-state index in [-0.39, 0.29) is 147 Å². The number of rotatable bonds is 3. The average Bonchev–Trinajstić information content (AvgIpc) is 2.00. The largest absolute Gasteiger partial charge is 0 e. The first-order valence-electron chi connectivity index (χ1n) is 2.71. The van der Waals surface area contributed by atoms with E-state index in [1.807, 2.05) is 0 Å². The molecule has 1 N–H and O–H groups in total. The molecule has 0 aromatic heterocycles. The fourth-order valence-corrected chi connectivity index (χ4v) is 0.962. The number of nitrogens with zero attached hydrogens (tertiary/aromatic N) is 3. The molecular formula is C5H4N3O2W9-. The number of aliphatic imine (C=N–C) groups is 1. The van der Waals surface area contributed by atoms with E-state index < -0.39 is 17.5 Å². The Balaban J connectivity index is -0.0000000288. The summed E-state index contributed by atoms with van der Waals surface area (Å²) in [5.74, 6) is -1.51. The maximum atomic E-state index is 10.7. The van der Waals surface area contributed by atoms with Crippen molar-refractivity contribution in [2.24, 2.45) is 8.49 Å². The number of amides is 1. The maximum Gasteiger partial charge on any atom is 0 e. The topological polar surface area (TPSA) is 84.3 Å². The second-order valence-electron chi connectivity index (χ2n) is 1.70. The molecule has 0 spiro atoms. The molecule has 0 rings (SSSR count). The van der Waals surface area contributed by atoms with Crippen molar-refractivity contribution in [1.29, 1.82) is 0 Å². The van der Waals surface area contributed by atoms with Crippen molar-refractivity contribution >= 4 is 21.5 Å². The summed E-state index contributed by atoms with van der Waals surface area (Å²) >= 11 is 1.72. The van der Waals surface area contributed by atoms with Gasteiger partial charge in [-0.25, -0.2) is 0 Å². The van der Waals surface area contributed by atoms with Crippen molar-refractivity contribution in [2.45, 2.75) is 6.92 Å². The van der Waals surface area contributed by atoms with Crippen LogP contribution in [0.1, 0.15) is 6.92 Å². The number of carbonyl (C=O) groups is 1. The Hall–Kier alpha value is 4.67. The summed E-state index contributed by atoms with van der Waals surface area (Å²) in [5.41, 5.74) is -0.800. The Morgan fingerprint density at radius 2 is 1.37 bits per heavy atom. The summed E-state index contributed by atoms with van der Waals surface area (Å²) in [6, 6.07) is 0. The van der Waals surface area contributed by atoms with E-state index in [1.54, 1.807) is 6.92 Å². The van der Waals surface area contributed by atoms with Gasteiger partial charge < -0.3 is 0 Å². The normalized spacial score (nSPS) is 6.68. The zero-order chi connectivity index (χ0) is 9.72. The first kappa shape index (κ1) is 49.5. The van der Waals surface area contributed by atoms with Crippen LogP contribution in [0.5, 0.6) is 0 Å². The average molecular weight is 1790 g/mol. The molecule has 14 heteroatoms. The third-order valence-corrected chi connectivity index (χ3v) is 1.68. The predicted molar refractivity (Wildman–Crippen MR) is 36.5 cm³/mol. The van der Waals surface area contributed by atoms with Crippen LogP contribution in [0.15, 0.2) is 8.49 Å². The van der Waals surface area contributed by atoms with Crippen LogP contribution in [-0.2, 0) is 191 Å². The molecular weight excluding hydrogens is 1790 g/mol. The Kier molecular flexibility index (Phi) is 79.6. The van der Waals surface area contributed by atoms with Gasteiger partial charge in [-0.05, 0) is 0 Å². The van der Waals surface area contributed by atoms with E-state index >= 15 is 0 Å². The van der Waals surface area contributed by atoms with Gasteiger partial charge in [0.1, 0.15) is 0 Å². The molecule has 0 saturated heterocycles. The second kappa shape index (κ2) is 30.5. The SMILES string of the molecule is C[C](=[W])N=C(O)C(=[N-])C(=O)[N]=[W].[W].[W].[W].[W].[W].[W].[W]. The van der Waals surface area contributed by atoms with Gasteiger partial charge in [0.25, 0.3) is 0 Å². The van der Waals surface area contributed by atoms with Crippen LogP contribution in [-0.4, -0.2) is 26.6 Å². The van der Waals surface area contributed by atoms with Crippen LogP contribution in [0, 0.1) is 0 Å². The Labute approximate surface area is 234 Å². The summed E-state index contributed by atoms with van der Waals surface area (Å²) in [6.45, 7) is 1.66. The molecule has 0 aliphatic rings. The number of hydrogen-bond donors (Lipinski definition) is 1. The molecule has 0 aromatic rings. The van der Waals surface area contributed by atoms with Gasteiger partial charge in [-0.15, -0.1) is 0 Å². The number of carbonyl (C=O) groups excluding carboxylic acids is 1. The molecule has 106 valence electrons. The van der Waals surface area contributed by atoms with Gasteiger partial charge in [0.2, 0.25) is 0 Å². The van der Waals surface area contributed by atoms with Gasteiger partial charge in [-0.1, -0.05) is 0 Å². The zero-order valence-corrected chi connectivity index (χ0v) is 35.3. The number of aliphatic hydroxyl groups excluding tert-OH is 1. The van der Waals surface area contributed by atoms with E-state index in [0.717, 1.165) is 19.4 Å². The maximum absolute atomic E-state index is 10.7. The van der Waals surface area contributed by atoms with Gasteiger partial charge >= 0.3 is 91.2 Å². The quantitative estimate of drug-likeness (QED) is 0.317. The minimum absolute atomic E-state index is 0. The number of hydrogen-bond acceptors (Lipinski definition) is 2. The molecule has 0 atom stereocenters. The molecule has 19 heavy (non-hydrogen) atoms. The Morgan fingerprint density at radius 3 is 1.58 bits per heavy atom. The molecule has 0 aliphatic carbocycles. The molecule has 0 heterocycles. The molecule has 0 unspecified atom stereocenters. The summed E-state index contributed by atoms with van der Waals surface area (Å²) < 4.78 is 3.85. The molecule has 0 bridgehead atoms. The molecule has 0 fully saturated rings. The fraction of sp³-hybridized carbons (Fsp3) is 0.200. The van der Waals surface area contributed by atoms with E-state index in [2.05, 4.69) is 8.49 Å². The fourth-order valence-electron chi connectivity index (χ4n) is 0.341. The monoisotopic (exact) mass is 1790 g/mol. The summed E-state index contributed by atoms with van der Waals surface area (Å²) in [6.07, 6.45) is 0. The van der Waals surface area contributed by atoms with Crippen molar-refractivity contribution in [3.05, 3.63) is 5.41 Å². The van der Waals surface area contributed by atoms with Gasteiger partial charge in [0.05, 0.1) is 0 Å². The van der Waals surface area contributed by atoms with E-state index in [1.165, 1.54) is 0 Å². The van der Waals surface area contributed by atoms with Gasteiger partial charge in [-0.2, -0.15) is 0 Å². The molecule has 5 nitrogen and oxygen atoms in total. The van der Waals surface area contributed by atoms with Gasteiger partial charge in [0, 0.05) is 147 Å². The minimum atomic E-state index is -0.845. The van der Waals surface area contributed by atoms with Crippen molar-refractivity contribution in [3.8, 4) is 0 Å². The van der Waals surface area contributed by atoms with Crippen molar-refractivity contribution in [2.75, 3.05) is 0 Å². The van der Waals surface area contributed by atoms with Crippen molar-refractivity contribution < 1.29 is 196 Å². The van der Waals surface area contributed by atoms with Crippen LogP contribution in [0.2, 0.25) is 0 Å². The third kappa shape index (κ3) is 27.8. The second-order valence-corrected chi connectivity index (χ2v) is 4.48. The summed E-state index contributed by atoms with van der Waals surface area (Å²) in [7, 11) is 0. The summed E-state index contributed by atoms with van der Waals surface area (Å²) in [5, 5.41) is 17.9. The summed E-state index contributed by atoms with van der Waals surface area (Å²) in [4.78, 5) is 14.2. The van der Waals surface area contributed by atoms with Crippen molar-refractivity contribution in [3.63, 3.8) is 0 Å². The first-order valence-corrected chi connectivity index (χ1v) is 5.49. The van der Waals surface area contributed by atoms with Crippen LogP contribution >= 0.6 is 0 Å². The minimum Gasteiger partial charge on any atom is 0 e. The van der Waals surface area contributed by atoms with E-state index in [0.29, 0.717) is 23.7 Å².